The van der Waals surface area contributed by atoms with Gasteiger partial charge < -0.3 is 30.9 Å². The van der Waals surface area contributed by atoms with Crippen molar-refractivity contribution in [3.8, 4) is 0 Å². The molecular weight excluding hydrogens is 787 g/mol. The van der Waals surface area contributed by atoms with Gasteiger partial charge >= 0.3 is 0 Å². The molecule has 1 fully saturated rings. The van der Waals surface area contributed by atoms with Crippen LogP contribution in [-0.2, 0) is 9.59 Å². The molecule has 5 rings (SSSR count). The zero-order valence-electron chi connectivity index (χ0n) is 37.4. The summed E-state index contributed by atoms with van der Waals surface area (Å²) < 4.78 is 0. The second kappa shape index (κ2) is 26.6. The minimum absolute atomic E-state index is 0.0376. The quantitative estimate of drug-likeness (QED) is 0.0429. The number of rotatable bonds is 23. The molecule has 2 heterocycles. The summed E-state index contributed by atoms with van der Waals surface area (Å²) in [5.74, 6) is -0.779. The van der Waals surface area contributed by atoms with Gasteiger partial charge in [0.2, 0.25) is 11.8 Å². The van der Waals surface area contributed by atoms with Crippen molar-refractivity contribution < 1.29 is 19.5 Å². The minimum atomic E-state index is -0.981. The van der Waals surface area contributed by atoms with Crippen LogP contribution in [0.2, 0.25) is 0 Å². The average Bonchev–Trinajstić information content (AvgIpc) is 3.63. The van der Waals surface area contributed by atoms with Gasteiger partial charge in [0.15, 0.2) is 0 Å². The van der Waals surface area contributed by atoms with Crippen LogP contribution in [0.4, 0.5) is 17.1 Å². The number of aliphatic imine (C=N–C) groups is 1. The fraction of sp³-hybridized carbons (Fsp3) is 0.385. The first-order valence-electron chi connectivity index (χ1n) is 22.5. The number of unbranched alkanes of at least 4 members (excludes halogenated alkanes) is 1. The van der Waals surface area contributed by atoms with Crippen molar-refractivity contribution in [2.45, 2.75) is 70.4 Å². The largest absolute Gasteiger partial charge is 0.373 e. The lowest BCUT2D eigenvalue weighted by molar-refractivity contribution is -0.121. The van der Waals surface area contributed by atoms with Crippen LogP contribution < -0.4 is 20.9 Å². The van der Waals surface area contributed by atoms with Crippen molar-refractivity contribution in [1.29, 1.82) is 0 Å². The standard InChI is InChI=1S/C52H67N7O4/c1-4-5-6-7-8-9-10-11-12-13-14-15-16-17-18-19-23-26-47(60)53-33-34-54-51(62)42-27-32-45-46(39-42)56-52(63)49(45)50(41-24-21-20-22-25-41)55-43-28-30-44(31-29-43)58(3)48(61)40-59-37-35-57(2)36-38-59/h5-6,8-9,11-12,14-15,17-18,20-22,24-25,27-32,39,49,52,56,63H,4,7,10,13,16,19,23,26,33-38,40H2,1-3H3,(H,53,60)(H,54,62). The third-order valence-corrected chi connectivity index (χ3v) is 11.1. The first-order valence-corrected chi connectivity index (χ1v) is 22.5. The van der Waals surface area contributed by atoms with Crippen molar-refractivity contribution in [3.63, 3.8) is 0 Å². The Morgan fingerprint density at radius 3 is 2.05 bits per heavy atom. The van der Waals surface area contributed by atoms with E-state index in [0.717, 1.165) is 87.9 Å². The number of carbonyl (C=O) groups is 3. The summed E-state index contributed by atoms with van der Waals surface area (Å²) in [6.07, 6.45) is 27.6. The lowest BCUT2D eigenvalue weighted by atomic mass is 9.89. The molecular formula is C52H67N7O4. The summed E-state index contributed by atoms with van der Waals surface area (Å²) in [6, 6.07) is 22.7. The summed E-state index contributed by atoms with van der Waals surface area (Å²) in [5.41, 5.74) is 4.92. The molecule has 3 aromatic rings. The van der Waals surface area contributed by atoms with Crippen molar-refractivity contribution in [3.05, 3.63) is 150 Å². The van der Waals surface area contributed by atoms with Gasteiger partial charge in [-0.1, -0.05) is 104 Å². The smallest absolute Gasteiger partial charge is 0.251 e. The Bertz CT molecular complexity index is 2080. The Balaban J connectivity index is 1.05. The molecule has 3 aromatic carbocycles. The number of nitrogens with zero attached hydrogens (tertiary/aromatic N) is 4. The first kappa shape index (κ1) is 48.2. The zero-order chi connectivity index (χ0) is 44.7. The number of amides is 3. The number of benzene rings is 3. The number of carbonyl (C=O) groups excluding carboxylic acids is 3. The predicted octanol–water partition coefficient (Wildman–Crippen LogP) is 8.31. The van der Waals surface area contributed by atoms with Crippen molar-refractivity contribution in [2.24, 2.45) is 4.99 Å². The highest BCUT2D eigenvalue weighted by atomic mass is 16.3. The number of nitrogens with one attached hydrogen (secondary N) is 3. The van der Waals surface area contributed by atoms with Gasteiger partial charge in [-0.25, -0.2) is 0 Å². The molecule has 11 heteroatoms. The van der Waals surface area contributed by atoms with E-state index in [0.29, 0.717) is 48.7 Å². The number of hydrogen-bond acceptors (Lipinski definition) is 8. The molecule has 2 atom stereocenters. The van der Waals surface area contributed by atoms with Crippen LogP contribution in [-0.4, -0.2) is 104 Å². The Kier molecular flexibility index (Phi) is 20.3. The van der Waals surface area contributed by atoms with Gasteiger partial charge in [-0.15, -0.1) is 0 Å². The molecule has 63 heavy (non-hydrogen) atoms. The Morgan fingerprint density at radius 1 is 0.778 bits per heavy atom. The molecule has 2 unspecified atom stereocenters. The highest BCUT2D eigenvalue weighted by Crippen LogP contribution is 2.39. The highest BCUT2D eigenvalue weighted by molar-refractivity contribution is 6.09. The number of hydrogen-bond donors (Lipinski definition) is 4. The van der Waals surface area contributed by atoms with Crippen LogP contribution >= 0.6 is 0 Å². The fourth-order valence-electron chi connectivity index (χ4n) is 7.38. The zero-order valence-corrected chi connectivity index (χ0v) is 37.4. The fourth-order valence-corrected chi connectivity index (χ4v) is 7.38. The number of aliphatic hydroxyl groups is 1. The van der Waals surface area contributed by atoms with Crippen LogP contribution in [0, 0.1) is 0 Å². The molecule has 0 bridgehead atoms. The third-order valence-electron chi connectivity index (χ3n) is 11.1. The van der Waals surface area contributed by atoms with Gasteiger partial charge in [0.1, 0.15) is 6.23 Å². The van der Waals surface area contributed by atoms with E-state index < -0.39 is 12.1 Å². The van der Waals surface area contributed by atoms with E-state index in [-0.39, 0.29) is 17.7 Å². The number of anilines is 2. The van der Waals surface area contributed by atoms with Crippen LogP contribution in [0.15, 0.2) is 139 Å². The lowest BCUT2D eigenvalue weighted by Crippen LogP contribution is -2.48. The maximum atomic E-state index is 13.1. The maximum Gasteiger partial charge on any atom is 0.251 e. The number of allylic oxidation sites excluding steroid dienone is 10. The summed E-state index contributed by atoms with van der Waals surface area (Å²) in [7, 11) is 3.90. The van der Waals surface area contributed by atoms with Crippen LogP contribution in [0.3, 0.4) is 0 Å². The molecule has 2 aliphatic heterocycles. The van der Waals surface area contributed by atoms with Gasteiger partial charge in [-0.05, 0) is 99.5 Å². The Hall–Kier alpha value is -5.88. The molecule has 2 aliphatic rings. The molecule has 334 valence electrons. The summed E-state index contributed by atoms with van der Waals surface area (Å²) in [4.78, 5) is 49.8. The second-order valence-corrected chi connectivity index (χ2v) is 16.0. The second-order valence-electron chi connectivity index (χ2n) is 16.0. The van der Waals surface area contributed by atoms with Crippen molar-refractivity contribution in [1.82, 2.24) is 20.4 Å². The molecule has 0 aliphatic carbocycles. The molecule has 1 saturated heterocycles. The molecule has 0 radical (unpaired) electrons. The summed E-state index contributed by atoms with van der Waals surface area (Å²) >= 11 is 0. The third kappa shape index (κ3) is 16.1. The van der Waals surface area contributed by atoms with E-state index in [4.69, 9.17) is 4.99 Å². The predicted molar refractivity (Wildman–Crippen MR) is 259 cm³/mol. The van der Waals surface area contributed by atoms with E-state index in [1.54, 1.807) is 24.1 Å². The maximum absolute atomic E-state index is 13.1. The first-order chi connectivity index (χ1) is 30.7. The molecule has 0 aromatic heterocycles. The Labute approximate surface area is 375 Å². The summed E-state index contributed by atoms with van der Waals surface area (Å²) in [5, 5.41) is 20.3. The van der Waals surface area contributed by atoms with E-state index in [1.807, 2.05) is 60.7 Å². The normalized spacial score (nSPS) is 17.3. The molecule has 4 N–H and O–H groups in total. The average molecular weight is 854 g/mol. The van der Waals surface area contributed by atoms with E-state index >= 15 is 0 Å². The van der Waals surface area contributed by atoms with Crippen molar-refractivity contribution >= 4 is 40.5 Å². The number of aliphatic hydroxyl groups excluding tert-OH is 1. The van der Waals surface area contributed by atoms with Gasteiger partial charge in [0.25, 0.3) is 5.91 Å². The minimum Gasteiger partial charge on any atom is -0.373 e. The van der Waals surface area contributed by atoms with Crippen LogP contribution in [0.25, 0.3) is 0 Å². The molecule has 0 saturated carbocycles. The Morgan fingerprint density at radius 2 is 1.40 bits per heavy atom. The van der Waals surface area contributed by atoms with Gasteiger partial charge in [0.05, 0.1) is 23.9 Å². The van der Waals surface area contributed by atoms with Crippen LogP contribution in [0.5, 0.6) is 0 Å². The van der Waals surface area contributed by atoms with Gasteiger partial charge in [-0.3, -0.25) is 24.3 Å². The van der Waals surface area contributed by atoms with Crippen molar-refractivity contribution in [2.75, 3.05) is 70.1 Å². The van der Waals surface area contributed by atoms with Gasteiger partial charge in [0, 0.05) is 69.7 Å². The van der Waals surface area contributed by atoms with E-state index in [9.17, 15) is 19.5 Å². The number of fused-ring (bicyclic) bond motifs is 1. The molecule has 11 nitrogen and oxygen atoms in total. The lowest BCUT2D eigenvalue weighted by Gasteiger charge is -2.32. The van der Waals surface area contributed by atoms with Gasteiger partial charge in [-0.2, -0.15) is 0 Å². The number of likely N-dealkylation sites (N-methyl/N-ethyl adjacent to an activating group) is 2. The molecule has 3 amide bonds. The van der Waals surface area contributed by atoms with E-state index in [2.05, 4.69) is 100 Å². The monoisotopic (exact) mass is 854 g/mol. The van der Waals surface area contributed by atoms with E-state index in [1.165, 1.54) is 0 Å². The summed E-state index contributed by atoms with van der Waals surface area (Å²) in [6.45, 7) is 6.81. The topological polar surface area (TPSA) is 130 Å². The number of piperazine rings is 1. The SMILES string of the molecule is CCC=CCC=CCC=CCC=CCC=CCCCC(=O)NCCNC(=O)c1ccc2c(c1)NC(O)C2C(=Nc1ccc(N(C)C(=O)CN2CCN(C)CC2)cc1)c1ccccc1. The molecule has 0 spiro atoms. The highest BCUT2D eigenvalue weighted by Gasteiger charge is 2.36. The van der Waals surface area contributed by atoms with Crippen LogP contribution in [0.1, 0.15) is 85.7 Å².